The summed E-state index contributed by atoms with van der Waals surface area (Å²) in [4.78, 5) is 15.1. The van der Waals surface area contributed by atoms with Crippen LogP contribution in [-0.4, -0.2) is 27.2 Å². The van der Waals surface area contributed by atoms with Gasteiger partial charge in [0, 0.05) is 26.0 Å². The van der Waals surface area contributed by atoms with Gasteiger partial charge in [-0.2, -0.15) is 0 Å². The molecule has 0 aliphatic heterocycles. The summed E-state index contributed by atoms with van der Waals surface area (Å²) in [5.41, 5.74) is 0. The highest BCUT2D eigenvalue weighted by Crippen LogP contribution is 2.31. The fourth-order valence-corrected chi connectivity index (χ4v) is 2.36. The second-order valence-corrected chi connectivity index (χ2v) is 4.38. The molecule has 2 atom stereocenters. The maximum absolute atomic E-state index is 11.0. The van der Waals surface area contributed by atoms with Crippen LogP contribution in [-0.2, 0) is 11.8 Å². The molecule has 2 rings (SSSR count). The van der Waals surface area contributed by atoms with Crippen molar-refractivity contribution in [2.24, 2.45) is 18.9 Å². The first-order chi connectivity index (χ1) is 7.68. The molecular formula is C11H17N3O2. The van der Waals surface area contributed by atoms with E-state index in [-0.39, 0.29) is 11.8 Å². The zero-order valence-corrected chi connectivity index (χ0v) is 9.39. The molecule has 0 spiro atoms. The number of rotatable bonds is 4. The van der Waals surface area contributed by atoms with Crippen LogP contribution in [0.5, 0.6) is 0 Å². The van der Waals surface area contributed by atoms with Gasteiger partial charge in [-0.05, 0) is 18.8 Å². The number of imidazole rings is 1. The molecule has 0 saturated heterocycles. The van der Waals surface area contributed by atoms with E-state index in [1.54, 1.807) is 6.20 Å². The Hall–Kier alpha value is -1.52. The number of hydrogen-bond donors (Lipinski definition) is 2. The van der Waals surface area contributed by atoms with Crippen LogP contribution < -0.4 is 5.32 Å². The highest BCUT2D eigenvalue weighted by atomic mass is 16.4. The fraction of sp³-hybridized carbons (Fsp3) is 0.636. The maximum Gasteiger partial charge on any atom is 0.306 e. The van der Waals surface area contributed by atoms with Gasteiger partial charge in [-0.25, -0.2) is 4.98 Å². The third-order valence-electron chi connectivity index (χ3n) is 3.32. The lowest BCUT2D eigenvalue weighted by atomic mass is 9.96. The number of anilines is 1. The van der Waals surface area contributed by atoms with E-state index in [2.05, 4.69) is 10.3 Å². The van der Waals surface area contributed by atoms with Crippen molar-refractivity contribution in [2.75, 3.05) is 11.9 Å². The minimum absolute atomic E-state index is 0.187. The van der Waals surface area contributed by atoms with E-state index in [0.717, 1.165) is 25.2 Å². The van der Waals surface area contributed by atoms with Crippen LogP contribution >= 0.6 is 0 Å². The second-order valence-electron chi connectivity index (χ2n) is 4.38. The van der Waals surface area contributed by atoms with Crippen molar-refractivity contribution in [2.45, 2.75) is 19.3 Å². The molecule has 1 aromatic heterocycles. The van der Waals surface area contributed by atoms with E-state index < -0.39 is 5.97 Å². The summed E-state index contributed by atoms with van der Waals surface area (Å²) in [6.45, 7) is 0.696. The number of nitrogens with zero attached hydrogens (tertiary/aromatic N) is 2. The van der Waals surface area contributed by atoms with Crippen molar-refractivity contribution in [1.82, 2.24) is 9.55 Å². The minimum Gasteiger partial charge on any atom is -0.481 e. The standard InChI is InChI=1S/C11H17N3O2/c1-14-6-5-12-11(14)13-7-8-3-2-4-9(8)10(15)16/h5-6,8-9H,2-4,7H2,1H3,(H,12,13)(H,15,16). The molecule has 88 valence electrons. The van der Waals surface area contributed by atoms with Crippen LogP contribution in [0.15, 0.2) is 12.4 Å². The monoisotopic (exact) mass is 223 g/mol. The van der Waals surface area contributed by atoms with Crippen molar-refractivity contribution in [3.63, 3.8) is 0 Å². The number of aryl methyl sites for hydroxylation is 1. The van der Waals surface area contributed by atoms with Gasteiger partial charge in [0.05, 0.1) is 5.92 Å². The van der Waals surface area contributed by atoms with Gasteiger partial charge in [0.1, 0.15) is 0 Å². The van der Waals surface area contributed by atoms with Crippen LogP contribution in [0.4, 0.5) is 5.95 Å². The first-order valence-corrected chi connectivity index (χ1v) is 5.62. The van der Waals surface area contributed by atoms with Gasteiger partial charge in [0.25, 0.3) is 0 Å². The molecule has 2 N–H and O–H groups in total. The average molecular weight is 223 g/mol. The summed E-state index contributed by atoms with van der Waals surface area (Å²) in [6.07, 6.45) is 6.41. The zero-order valence-electron chi connectivity index (χ0n) is 9.39. The number of nitrogens with one attached hydrogen (secondary N) is 1. The number of carbonyl (C=O) groups is 1. The smallest absolute Gasteiger partial charge is 0.306 e. The van der Waals surface area contributed by atoms with Crippen LogP contribution in [0, 0.1) is 11.8 Å². The van der Waals surface area contributed by atoms with Crippen LogP contribution in [0.2, 0.25) is 0 Å². The Balaban J connectivity index is 1.90. The van der Waals surface area contributed by atoms with Crippen molar-refractivity contribution in [3.05, 3.63) is 12.4 Å². The fourth-order valence-electron chi connectivity index (χ4n) is 2.36. The Bertz CT molecular complexity index is 375. The lowest BCUT2D eigenvalue weighted by molar-refractivity contribution is -0.142. The summed E-state index contributed by atoms with van der Waals surface area (Å²) >= 11 is 0. The number of carboxylic acid groups (broad SMARTS) is 1. The molecule has 1 saturated carbocycles. The molecule has 5 nitrogen and oxygen atoms in total. The molecule has 0 bridgehead atoms. The quantitative estimate of drug-likeness (QED) is 0.808. The van der Waals surface area contributed by atoms with Crippen molar-refractivity contribution < 1.29 is 9.90 Å². The van der Waals surface area contributed by atoms with Crippen LogP contribution in [0.25, 0.3) is 0 Å². The molecule has 0 amide bonds. The molecule has 2 unspecified atom stereocenters. The van der Waals surface area contributed by atoms with Gasteiger partial charge in [-0.1, -0.05) is 6.42 Å². The summed E-state index contributed by atoms with van der Waals surface area (Å²) in [6, 6.07) is 0. The summed E-state index contributed by atoms with van der Waals surface area (Å²) in [5, 5.41) is 12.3. The van der Waals surface area contributed by atoms with Gasteiger partial charge in [-0.3, -0.25) is 4.79 Å². The third kappa shape index (κ3) is 2.18. The molecule has 16 heavy (non-hydrogen) atoms. The molecule has 5 heteroatoms. The van der Waals surface area contributed by atoms with E-state index >= 15 is 0 Å². The Morgan fingerprint density at radius 2 is 2.50 bits per heavy atom. The van der Waals surface area contributed by atoms with Crippen molar-refractivity contribution in [1.29, 1.82) is 0 Å². The average Bonchev–Trinajstić information content (AvgIpc) is 2.83. The first-order valence-electron chi connectivity index (χ1n) is 5.62. The van der Waals surface area contributed by atoms with E-state index in [1.807, 2.05) is 17.8 Å². The summed E-state index contributed by atoms with van der Waals surface area (Å²) < 4.78 is 1.89. The van der Waals surface area contributed by atoms with Gasteiger partial charge in [0.15, 0.2) is 0 Å². The molecule has 1 heterocycles. The van der Waals surface area contributed by atoms with E-state index in [1.165, 1.54) is 0 Å². The Kier molecular flexibility index (Phi) is 3.12. The van der Waals surface area contributed by atoms with Gasteiger partial charge in [-0.15, -0.1) is 0 Å². The van der Waals surface area contributed by atoms with Gasteiger partial charge < -0.3 is 15.0 Å². The van der Waals surface area contributed by atoms with E-state index in [4.69, 9.17) is 5.11 Å². The van der Waals surface area contributed by atoms with E-state index in [0.29, 0.717) is 6.54 Å². The summed E-state index contributed by atoms with van der Waals surface area (Å²) in [7, 11) is 1.92. The SMILES string of the molecule is Cn1ccnc1NCC1CCCC1C(=O)O. The predicted octanol–water partition coefficient (Wildman–Crippen LogP) is 1.33. The maximum atomic E-state index is 11.0. The lowest BCUT2D eigenvalue weighted by Crippen LogP contribution is -2.25. The molecule has 1 aliphatic rings. The molecule has 1 fully saturated rings. The summed E-state index contributed by atoms with van der Waals surface area (Å²) in [5.74, 6) is 0.183. The molecule has 1 aromatic rings. The molecule has 0 radical (unpaired) electrons. The first kappa shape index (κ1) is 11.0. The highest BCUT2D eigenvalue weighted by Gasteiger charge is 2.32. The third-order valence-corrected chi connectivity index (χ3v) is 3.32. The van der Waals surface area contributed by atoms with Gasteiger partial charge in [0.2, 0.25) is 5.95 Å². The van der Waals surface area contributed by atoms with Crippen molar-refractivity contribution in [3.8, 4) is 0 Å². The lowest BCUT2D eigenvalue weighted by Gasteiger charge is -2.16. The van der Waals surface area contributed by atoms with Crippen molar-refractivity contribution >= 4 is 11.9 Å². The minimum atomic E-state index is -0.663. The molecular weight excluding hydrogens is 206 g/mol. The largest absolute Gasteiger partial charge is 0.481 e. The number of carboxylic acids is 1. The normalized spacial score (nSPS) is 24.6. The van der Waals surface area contributed by atoms with Crippen LogP contribution in [0.1, 0.15) is 19.3 Å². The number of aromatic nitrogens is 2. The Labute approximate surface area is 94.5 Å². The molecule has 0 aromatic carbocycles. The highest BCUT2D eigenvalue weighted by molar-refractivity contribution is 5.70. The van der Waals surface area contributed by atoms with E-state index in [9.17, 15) is 4.79 Å². The zero-order chi connectivity index (χ0) is 11.5. The predicted molar refractivity (Wildman–Crippen MR) is 60.2 cm³/mol. The van der Waals surface area contributed by atoms with Crippen LogP contribution in [0.3, 0.4) is 0 Å². The molecule has 1 aliphatic carbocycles. The Morgan fingerprint density at radius 1 is 1.69 bits per heavy atom. The number of hydrogen-bond acceptors (Lipinski definition) is 3. The number of aliphatic carboxylic acids is 1. The Morgan fingerprint density at radius 3 is 3.12 bits per heavy atom. The second kappa shape index (κ2) is 4.55. The van der Waals surface area contributed by atoms with Gasteiger partial charge >= 0.3 is 5.97 Å². The topological polar surface area (TPSA) is 67.2 Å².